The number of carboxylic acid groups (broad SMARTS) is 1. The molecule has 2 aromatic carbocycles. The Labute approximate surface area is 166 Å². The van der Waals surface area contributed by atoms with Crippen LogP contribution < -0.4 is 4.74 Å². The molecule has 1 aliphatic heterocycles. The highest BCUT2D eigenvalue weighted by Crippen LogP contribution is 2.33. The molecule has 0 bridgehead atoms. The van der Waals surface area contributed by atoms with Gasteiger partial charge in [-0.1, -0.05) is 48.0 Å². The standard InChI is InChI=1S/C23H27NO4/c1-27-21-9-7-19(8-10-21)23(18-5-3-2-4-6-18)20-11-13-24(14-12-20)15-16-28-17-22(25)26/h2-10H,11-17H2,1H3,(H,25,26). The minimum atomic E-state index is -0.921. The molecule has 0 aromatic heterocycles. The molecule has 1 fully saturated rings. The SMILES string of the molecule is COc1ccc(C(=C2CCN(CCOCC(=O)O)CC2)c2ccccc2)cc1. The van der Waals surface area contributed by atoms with E-state index in [-0.39, 0.29) is 6.61 Å². The van der Waals surface area contributed by atoms with Gasteiger partial charge < -0.3 is 19.5 Å². The molecule has 2 aromatic rings. The highest BCUT2D eigenvalue weighted by molar-refractivity contribution is 5.82. The average molecular weight is 381 g/mol. The number of hydrogen-bond acceptors (Lipinski definition) is 4. The topological polar surface area (TPSA) is 59.0 Å². The van der Waals surface area contributed by atoms with Gasteiger partial charge in [0.1, 0.15) is 12.4 Å². The van der Waals surface area contributed by atoms with Crippen molar-refractivity contribution < 1.29 is 19.4 Å². The van der Waals surface area contributed by atoms with Crippen LogP contribution in [0.25, 0.3) is 5.57 Å². The molecular formula is C23H27NO4. The third-order valence-electron chi connectivity index (χ3n) is 5.03. The molecule has 0 amide bonds. The summed E-state index contributed by atoms with van der Waals surface area (Å²) in [6.07, 6.45) is 1.99. The lowest BCUT2D eigenvalue weighted by Gasteiger charge is -2.30. The number of piperidine rings is 1. The van der Waals surface area contributed by atoms with Gasteiger partial charge in [0.05, 0.1) is 13.7 Å². The van der Waals surface area contributed by atoms with Gasteiger partial charge in [-0.25, -0.2) is 4.79 Å². The maximum atomic E-state index is 10.5. The van der Waals surface area contributed by atoms with E-state index in [0.717, 1.165) is 38.2 Å². The van der Waals surface area contributed by atoms with Gasteiger partial charge in [0, 0.05) is 19.6 Å². The third kappa shape index (κ3) is 5.44. The van der Waals surface area contributed by atoms with Crippen LogP contribution in [0.4, 0.5) is 0 Å². The minimum Gasteiger partial charge on any atom is -0.497 e. The third-order valence-corrected chi connectivity index (χ3v) is 5.03. The molecule has 5 nitrogen and oxygen atoms in total. The van der Waals surface area contributed by atoms with Crippen LogP contribution in [0.3, 0.4) is 0 Å². The van der Waals surface area contributed by atoms with Gasteiger partial charge in [-0.2, -0.15) is 0 Å². The van der Waals surface area contributed by atoms with Gasteiger partial charge in [-0.15, -0.1) is 0 Å². The zero-order valence-electron chi connectivity index (χ0n) is 16.3. The lowest BCUT2D eigenvalue weighted by Crippen LogP contribution is -2.34. The molecule has 28 heavy (non-hydrogen) atoms. The number of methoxy groups -OCH3 is 1. The van der Waals surface area contributed by atoms with Crippen LogP contribution >= 0.6 is 0 Å². The van der Waals surface area contributed by atoms with Gasteiger partial charge in [0.2, 0.25) is 0 Å². The van der Waals surface area contributed by atoms with E-state index < -0.39 is 5.97 Å². The van der Waals surface area contributed by atoms with E-state index in [2.05, 4.69) is 41.3 Å². The summed E-state index contributed by atoms with van der Waals surface area (Å²) in [5, 5.41) is 8.64. The molecule has 0 saturated carbocycles. The van der Waals surface area contributed by atoms with Crippen molar-refractivity contribution in [3.05, 3.63) is 71.3 Å². The Morgan fingerprint density at radius 1 is 1.00 bits per heavy atom. The Morgan fingerprint density at radius 2 is 1.64 bits per heavy atom. The fourth-order valence-corrected chi connectivity index (χ4v) is 3.59. The van der Waals surface area contributed by atoms with E-state index >= 15 is 0 Å². The molecule has 0 spiro atoms. The molecule has 0 aliphatic carbocycles. The Morgan fingerprint density at radius 3 is 2.25 bits per heavy atom. The van der Waals surface area contributed by atoms with Crippen molar-refractivity contribution in [1.29, 1.82) is 0 Å². The van der Waals surface area contributed by atoms with Crippen molar-refractivity contribution in [2.24, 2.45) is 0 Å². The summed E-state index contributed by atoms with van der Waals surface area (Å²) < 4.78 is 10.5. The Bertz CT molecular complexity index is 789. The first kappa shape index (κ1) is 20.1. The first-order valence-corrected chi connectivity index (χ1v) is 9.61. The fourth-order valence-electron chi connectivity index (χ4n) is 3.59. The number of rotatable bonds is 8. The molecular weight excluding hydrogens is 354 g/mol. The highest BCUT2D eigenvalue weighted by Gasteiger charge is 2.19. The average Bonchev–Trinajstić information content (AvgIpc) is 2.74. The van der Waals surface area contributed by atoms with Gasteiger partial charge in [0.25, 0.3) is 0 Å². The molecule has 0 atom stereocenters. The van der Waals surface area contributed by atoms with Gasteiger partial charge in [0.15, 0.2) is 0 Å². The van der Waals surface area contributed by atoms with Crippen LogP contribution in [0.2, 0.25) is 0 Å². The van der Waals surface area contributed by atoms with Crippen LogP contribution in [0.5, 0.6) is 5.75 Å². The molecule has 1 heterocycles. The van der Waals surface area contributed by atoms with E-state index in [4.69, 9.17) is 14.6 Å². The van der Waals surface area contributed by atoms with Crippen LogP contribution in [-0.2, 0) is 9.53 Å². The van der Waals surface area contributed by atoms with Crippen molar-refractivity contribution >= 4 is 11.5 Å². The Kier molecular flexibility index (Phi) is 7.23. The zero-order valence-corrected chi connectivity index (χ0v) is 16.3. The van der Waals surface area contributed by atoms with Gasteiger partial charge in [-0.3, -0.25) is 0 Å². The predicted molar refractivity (Wildman–Crippen MR) is 110 cm³/mol. The van der Waals surface area contributed by atoms with E-state index in [0.29, 0.717) is 6.61 Å². The zero-order chi connectivity index (χ0) is 19.8. The molecule has 1 saturated heterocycles. The molecule has 1 aliphatic rings. The number of carbonyl (C=O) groups is 1. The molecule has 148 valence electrons. The summed E-state index contributed by atoms with van der Waals surface area (Å²) in [4.78, 5) is 12.9. The predicted octanol–water partition coefficient (Wildman–Crippen LogP) is 3.69. The highest BCUT2D eigenvalue weighted by atomic mass is 16.5. The molecule has 0 radical (unpaired) electrons. The van der Waals surface area contributed by atoms with Crippen molar-refractivity contribution in [3.8, 4) is 5.75 Å². The van der Waals surface area contributed by atoms with E-state index in [1.807, 2.05) is 18.2 Å². The van der Waals surface area contributed by atoms with Crippen molar-refractivity contribution in [1.82, 2.24) is 4.90 Å². The van der Waals surface area contributed by atoms with E-state index in [1.165, 1.54) is 22.3 Å². The Balaban J connectivity index is 1.73. The van der Waals surface area contributed by atoms with Crippen LogP contribution in [-0.4, -0.2) is 55.9 Å². The van der Waals surface area contributed by atoms with Gasteiger partial charge in [-0.05, 0) is 41.7 Å². The first-order valence-electron chi connectivity index (χ1n) is 9.61. The summed E-state index contributed by atoms with van der Waals surface area (Å²) in [6.45, 7) is 2.91. The smallest absolute Gasteiger partial charge is 0.329 e. The lowest BCUT2D eigenvalue weighted by molar-refractivity contribution is -0.142. The normalized spacial score (nSPS) is 14.7. The fraction of sp³-hybridized carbons (Fsp3) is 0.348. The monoisotopic (exact) mass is 381 g/mol. The van der Waals surface area contributed by atoms with Crippen molar-refractivity contribution in [2.75, 3.05) is 40.0 Å². The number of carboxylic acids is 1. The van der Waals surface area contributed by atoms with Crippen LogP contribution in [0.1, 0.15) is 24.0 Å². The number of aliphatic carboxylic acids is 1. The summed E-state index contributed by atoms with van der Waals surface area (Å²) in [5.41, 5.74) is 5.21. The van der Waals surface area contributed by atoms with E-state index in [1.54, 1.807) is 7.11 Å². The molecule has 0 unspecified atom stereocenters. The number of likely N-dealkylation sites (tertiary alicyclic amines) is 1. The van der Waals surface area contributed by atoms with Crippen molar-refractivity contribution in [3.63, 3.8) is 0 Å². The van der Waals surface area contributed by atoms with Crippen LogP contribution in [0, 0.1) is 0 Å². The second-order valence-electron chi connectivity index (χ2n) is 6.86. The van der Waals surface area contributed by atoms with E-state index in [9.17, 15) is 4.79 Å². The quantitative estimate of drug-likeness (QED) is 0.707. The Hall–Kier alpha value is -2.63. The summed E-state index contributed by atoms with van der Waals surface area (Å²) in [5.74, 6) is -0.0619. The van der Waals surface area contributed by atoms with Gasteiger partial charge >= 0.3 is 5.97 Å². The van der Waals surface area contributed by atoms with Crippen molar-refractivity contribution in [2.45, 2.75) is 12.8 Å². The summed E-state index contributed by atoms with van der Waals surface area (Å²) in [7, 11) is 1.68. The van der Waals surface area contributed by atoms with Crippen LogP contribution in [0.15, 0.2) is 60.2 Å². The second-order valence-corrected chi connectivity index (χ2v) is 6.86. The first-order chi connectivity index (χ1) is 13.7. The minimum absolute atomic E-state index is 0.228. The molecule has 1 N–H and O–H groups in total. The number of benzene rings is 2. The molecule has 3 rings (SSSR count). The number of hydrogen-bond donors (Lipinski definition) is 1. The lowest BCUT2D eigenvalue weighted by atomic mass is 9.88. The molecule has 5 heteroatoms. The maximum absolute atomic E-state index is 10.5. The number of nitrogens with zero attached hydrogens (tertiary/aromatic N) is 1. The maximum Gasteiger partial charge on any atom is 0.329 e. The number of ether oxygens (including phenoxy) is 2. The second kappa shape index (κ2) is 10.1. The summed E-state index contributed by atoms with van der Waals surface area (Å²) >= 11 is 0. The summed E-state index contributed by atoms with van der Waals surface area (Å²) in [6, 6.07) is 18.8. The largest absolute Gasteiger partial charge is 0.497 e.